The van der Waals surface area contributed by atoms with Crippen molar-refractivity contribution in [2.45, 2.75) is 0 Å². The van der Waals surface area contributed by atoms with E-state index < -0.39 is 16.5 Å². The van der Waals surface area contributed by atoms with Crippen molar-refractivity contribution in [2.24, 2.45) is 0 Å². The van der Waals surface area contributed by atoms with Crippen LogP contribution in [0, 0.1) is 0 Å². The van der Waals surface area contributed by atoms with Gasteiger partial charge in [0.25, 0.3) is 0 Å². The Balaban J connectivity index is -0.0000000720. The molecule has 9 heteroatoms. The maximum atomic E-state index is 8.74. The zero-order chi connectivity index (χ0) is 7.15. The third kappa shape index (κ3) is 293. The van der Waals surface area contributed by atoms with Crippen molar-refractivity contribution in [3.63, 3.8) is 0 Å². The number of rotatable bonds is 0. The van der Waals surface area contributed by atoms with E-state index in [-0.39, 0.29) is 29.6 Å². The fraction of sp³-hybridized carbons (Fsp3) is 0. The Kier molecular flexibility index (Phi) is 22.3. The van der Waals surface area contributed by atoms with Gasteiger partial charge in [-0.05, 0) is 0 Å². The molecule has 6 nitrogen and oxygen atoms in total. The standard InChI is InChI=1S/Na.2H3O3P/c;2*1-4(2)3/h;2*4H,(H2,1,2,3)/q+1;;/p-1. The fourth-order valence-corrected chi connectivity index (χ4v) is 0. The van der Waals surface area contributed by atoms with Crippen LogP contribution in [0.3, 0.4) is 0 Å². The predicted molar refractivity (Wildman–Crippen MR) is 24.7 cm³/mol. The Morgan fingerprint density at radius 1 is 1.11 bits per heavy atom. The first-order valence-electron chi connectivity index (χ1n) is 1.28. The van der Waals surface area contributed by atoms with Crippen molar-refractivity contribution in [1.29, 1.82) is 0 Å². The van der Waals surface area contributed by atoms with Crippen molar-refractivity contribution in [3.8, 4) is 0 Å². The molecule has 0 rings (SSSR count). The molecule has 9 heavy (non-hydrogen) atoms. The first-order chi connectivity index (χ1) is 3.46. The van der Waals surface area contributed by atoms with Gasteiger partial charge in [0.15, 0.2) is 0 Å². The third-order valence-electron chi connectivity index (χ3n) is 0. The molecule has 0 bridgehead atoms. The van der Waals surface area contributed by atoms with Gasteiger partial charge in [-0.15, -0.1) is 0 Å². The van der Waals surface area contributed by atoms with Crippen LogP contribution >= 0.6 is 16.5 Å². The first-order valence-corrected chi connectivity index (χ1v) is 3.85. The molecule has 0 radical (unpaired) electrons. The van der Waals surface area contributed by atoms with Gasteiger partial charge in [-0.25, -0.2) is 0 Å². The Morgan fingerprint density at radius 3 is 1.11 bits per heavy atom. The molecule has 0 saturated heterocycles. The fourth-order valence-electron chi connectivity index (χ4n) is 0. The van der Waals surface area contributed by atoms with Crippen LogP contribution in [0.2, 0.25) is 0 Å². The molecule has 0 amide bonds. The van der Waals surface area contributed by atoms with Crippen LogP contribution in [-0.4, -0.2) is 14.7 Å². The van der Waals surface area contributed by atoms with Crippen molar-refractivity contribution in [3.05, 3.63) is 0 Å². The van der Waals surface area contributed by atoms with E-state index in [2.05, 4.69) is 0 Å². The zero-order valence-electron chi connectivity index (χ0n) is 4.57. The summed E-state index contributed by atoms with van der Waals surface area (Å²) in [7, 11) is -6.51. The summed E-state index contributed by atoms with van der Waals surface area (Å²) in [6, 6.07) is 0. The minimum Gasteiger partial charge on any atom is -0.781 e. The molecule has 0 fully saturated rings. The molecule has 3 N–H and O–H groups in total. The molecular weight excluding hydrogens is 181 g/mol. The predicted octanol–water partition coefficient (Wildman–Crippen LogP) is -4.91. The van der Waals surface area contributed by atoms with E-state index in [0.29, 0.717) is 0 Å². The van der Waals surface area contributed by atoms with Gasteiger partial charge in [0.2, 0.25) is 0 Å². The summed E-state index contributed by atoms with van der Waals surface area (Å²) in [4.78, 5) is 30.0. The summed E-state index contributed by atoms with van der Waals surface area (Å²) in [6.07, 6.45) is 0. The number of hydrogen-bond donors (Lipinski definition) is 3. The van der Waals surface area contributed by atoms with Crippen molar-refractivity contribution in [1.82, 2.24) is 0 Å². The van der Waals surface area contributed by atoms with Gasteiger partial charge in [-0.3, -0.25) is 4.57 Å². The summed E-state index contributed by atoms with van der Waals surface area (Å²) in [5.41, 5.74) is 0. The Bertz CT molecular complexity index is 69.1. The van der Waals surface area contributed by atoms with Gasteiger partial charge >= 0.3 is 37.8 Å². The van der Waals surface area contributed by atoms with Crippen molar-refractivity contribution >= 4 is 16.5 Å². The minimum absolute atomic E-state index is 0. The molecule has 0 aromatic carbocycles. The second-order valence-electron chi connectivity index (χ2n) is 0.548. The molecule has 0 aliphatic carbocycles. The van der Waals surface area contributed by atoms with Crippen LogP contribution in [0.5, 0.6) is 0 Å². The molecule has 0 spiro atoms. The van der Waals surface area contributed by atoms with E-state index in [1.165, 1.54) is 0 Å². The van der Waals surface area contributed by atoms with Crippen LogP contribution < -0.4 is 34.5 Å². The molecule has 0 aromatic heterocycles. The van der Waals surface area contributed by atoms with Crippen LogP contribution in [-0.2, 0) is 9.13 Å². The average Bonchev–Trinajstić information content (AvgIpc) is 1.25. The second kappa shape index (κ2) is 12.0. The first kappa shape index (κ1) is 16.7. The second-order valence-corrected chi connectivity index (χ2v) is 1.65. The minimum atomic E-state index is -3.38. The molecule has 0 aliphatic rings. The molecular formula is H5NaO6P2. The molecule has 0 aromatic rings. The largest absolute Gasteiger partial charge is 1.00 e. The Labute approximate surface area is 74.7 Å². The van der Waals surface area contributed by atoms with E-state index in [0.717, 1.165) is 0 Å². The van der Waals surface area contributed by atoms with E-state index in [4.69, 9.17) is 28.7 Å². The van der Waals surface area contributed by atoms with Gasteiger partial charge in [0, 0.05) is 0 Å². The smallest absolute Gasteiger partial charge is 0.781 e. The summed E-state index contributed by atoms with van der Waals surface area (Å²) in [5, 5.41) is 0. The van der Waals surface area contributed by atoms with Crippen LogP contribution in [0.1, 0.15) is 0 Å². The third-order valence-corrected chi connectivity index (χ3v) is 0. The van der Waals surface area contributed by atoms with Gasteiger partial charge in [0.05, 0.1) is 0 Å². The summed E-state index contributed by atoms with van der Waals surface area (Å²) in [5.74, 6) is 0. The zero-order valence-corrected chi connectivity index (χ0v) is 8.57. The summed E-state index contributed by atoms with van der Waals surface area (Å²) >= 11 is 0. The number of hydrogen-bond acceptors (Lipinski definition) is 3. The molecule has 52 valence electrons. The molecule has 1 unspecified atom stereocenters. The monoisotopic (exact) mass is 186 g/mol. The summed E-state index contributed by atoms with van der Waals surface area (Å²) < 4.78 is 17.4. The van der Waals surface area contributed by atoms with Crippen LogP contribution in [0.15, 0.2) is 0 Å². The maximum absolute atomic E-state index is 8.74. The SMILES string of the molecule is O=[PH](O)O.O=[PH]([O-])O.[Na+]. The summed E-state index contributed by atoms with van der Waals surface area (Å²) in [6.45, 7) is 0. The van der Waals surface area contributed by atoms with Crippen LogP contribution in [0.4, 0.5) is 0 Å². The van der Waals surface area contributed by atoms with Crippen molar-refractivity contribution < 1.29 is 58.3 Å². The van der Waals surface area contributed by atoms with E-state index in [9.17, 15) is 0 Å². The molecule has 0 heterocycles. The molecule has 0 aliphatic heterocycles. The molecule has 1 atom stereocenters. The van der Waals surface area contributed by atoms with Gasteiger partial charge in [-0.1, -0.05) is 0 Å². The van der Waals surface area contributed by atoms with Gasteiger partial charge in [0.1, 0.15) is 8.25 Å². The van der Waals surface area contributed by atoms with Gasteiger partial charge < -0.3 is 24.1 Å². The Hall–Kier alpha value is 1.30. The van der Waals surface area contributed by atoms with Gasteiger partial charge in [-0.2, -0.15) is 0 Å². The van der Waals surface area contributed by atoms with E-state index in [1.54, 1.807) is 0 Å². The quantitative estimate of drug-likeness (QED) is 0.257. The van der Waals surface area contributed by atoms with E-state index >= 15 is 0 Å². The van der Waals surface area contributed by atoms with Crippen molar-refractivity contribution in [2.75, 3.05) is 0 Å². The molecule has 0 saturated carbocycles. The van der Waals surface area contributed by atoms with E-state index in [1.807, 2.05) is 0 Å². The normalized spacial score (nSPS) is 10.8. The Morgan fingerprint density at radius 2 is 1.11 bits per heavy atom. The van der Waals surface area contributed by atoms with Crippen LogP contribution in [0.25, 0.3) is 0 Å². The average molecular weight is 186 g/mol. The topological polar surface area (TPSA) is 118 Å². The maximum Gasteiger partial charge on any atom is 1.00 e.